The second kappa shape index (κ2) is 7.07. The van der Waals surface area contributed by atoms with Gasteiger partial charge in [0.05, 0.1) is 5.56 Å². The fraction of sp³-hybridized carbons (Fsp3) is 0.450. The van der Waals surface area contributed by atoms with E-state index < -0.39 is 11.7 Å². The Morgan fingerprint density at radius 2 is 1.96 bits per heavy atom. The molecular formula is C20H21F3N4O. The zero-order valence-corrected chi connectivity index (χ0v) is 15.5. The first-order chi connectivity index (χ1) is 13.4. The van der Waals surface area contributed by atoms with Crippen LogP contribution in [-0.2, 0) is 12.7 Å². The summed E-state index contributed by atoms with van der Waals surface area (Å²) in [5.41, 5.74) is -0.211. The molecule has 4 rings (SSSR count). The predicted octanol–water partition coefficient (Wildman–Crippen LogP) is 4.87. The van der Waals surface area contributed by atoms with Crippen LogP contribution < -0.4 is 5.56 Å². The van der Waals surface area contributed by atoms with Crippen LogP contribution in [0.3, 0.4) is 0 Å². The second-order valence-corrected chi connectivity index (χ2v) is 7.27. The molecule has 148 valence electrons. The molecule has 0 amide bonds. The van der Waals surface area contributed by atoms with Gasteiger partial charge in [-0.1, -0.05) is 31.9 Å². The first kappa shape index (κ1) is 18.7. The number of fused-ring (bicyclic) bond motifs is 1. The molecule has 0 atom stereocenters. The third-order valence-corrected chi connectivity index (χ3v) is 5.27. The number of rotatable bonds is 4. The minimum absolute atomic E-state index is 0.218. The normalized spacial score (nSPS) is 15.6. The molecule has 0 radical (unpaired) electrons. The van der Waals surface area contributed by atoms with E-state index in [1.807, 2.05) is 6.92 Å². The molecule has 0 bridgehead atoms. The van der Waals surface area contributed by atoms with Crippen LogP contribution in [-0.4, -0.2) is 19.5 Å². The van der Waals surface area contributed by atoms with Gasteiger partial charge in [-0.05, 0) is 31.4 Å². The van der Waals surface area contributed by atoms with Crippen LogP contribution >= 0.6 is 0 Å². The number of hydrogen-bond donors (Lipinski definition) is 1. The molecule has 0 aliphatic heterocycles. The Hall–Kier alpha value is -2.64. The van der Waals surface area contributed by atoms with Crippen LogP contribution in [0.2, 0.25) is 0 Å². The lowest BCUT2D eigenvalue weighted by Crippen LogP contribution is -2.23. The quantitative estimate of drug-likeness (QED) is 0.691. The Morgan fingerprint density at radius 3 is 2.64 bits per heavy atom. The van der Waals surface area contributed by atoms with E-state index in [-0.39, 0.29) is 28.5 Å². The Kier molecular flexibility index (Phi) is 4.72. The van der Waals surface area contributed by atoms with Gasteiger partial charge in [0.1, 0.15) is 11.6 Å². The minimum atomic E-state index is -4.46. The molecule has 0 unspecified atom stereocenters. The van der Waals surface area contributed by atoms with Crippen molar-refractivity contribution in [2.45, 2.75) is 57.7 Å². The van der Waals surface area contributed by atoms with Crippen LogP contribution in [0.25, 0.3) is 22.6 Å². The van der Waals surface area contributed by atoms with E-state index in [9.17, 15) is 18.0 Å². The summed E-state index contributed by atoms with van der Waals surface area (Å²) in [5.74, 6) is 1.25. The highest BCUT2D eigenvalue weighted by Crippen LogP contribution is 2.34. The lowest BCUT2D eigenvalue weighted by Gasteiger charge is -2.13. The number of H-pyrrole nitrogens is 1. The van der Waals surface area contributed by atoms with Crippen molar-refractivity contribution < 1.29 is 13.2 Å². The standard InChI is InChI=1S/C20H21F3N4O/c1-2-10-27-18(13-8-5-9-14(11-13)20(21,22)23)26-17-15(19(27)28)24-16(25-17)12-6-3-4-7-12/h5,8-9,11-12H,2-4,6-7,10H2,1H3,(H,24,25). The van der Waals surface area contributed by atoms with Gasteiger partial charge < -0.3 is 4.98 Å². The number of hydrogen-bond acceptors (Lipinski definition) is 3. The summed E-state index contributed by atoms with van der Waals surface area (Å²) in [6, 6.07) is 4.92. The summed E-state index contributed by atoms with van der Waals surface area (Å²) in [6.07, 6.45) is 0.489. The smallest absolute Gasteiger partial charge is 0.336 e. The fourth-order valence-corrected chi connectivity index (χ4v) is 3.88. The third-order valence-electron chi connectivity index (χ3n) is 5.27. The highest BCUT2D eigenvalue weighted by molar-refractivity contribution is 5.73. The minimum Gasteiger partial charge on any atom is -0.336 e. The molecule has 1 aromatic carbocycles. The zero-order valence-electron chi connectivity index (χ0n) is 15.5. The SMILES string of the molecule is CCCn1c(-c2cccc(C(F)(F)F)c2)nc2nc(C3CCCC3)[nH]c2c1=O. The molecule has 8 heteroatoms. The lowest BCUT2D eigenvalue weighted by atomic mass is 10.1. The van der Waals surface area contributed by atoms with Crippen LogP contribution in [0, 0.1) is 0 Å². The average Bonchev–Trinajstić information content (AvgIpc) is 3.33. The maximum Gasteiger partial charge on any atom is 0.416 e. The first-order valence-corrected chi connectivity index (χ1v) is 9.56. The second-order valence-electron chi connectivity index (χ2n) is 7.27. The molecule has 1 N–H and O–H groups in total. The summed E-state index contributed by atoms with van der Waals surface area (Å²) in [5, 5.41) is 0. The van der Waals surface area contributed by atoms with Gasteiger partial charge in [0, 0.05) is 18.0 Å². The van der Waals surface area contributed by atoms with Crippen molar-refractivity contribution in [2.75, 3.05) is 0 Å². The lowest BCUT2D eigenvalue weighted by molar-refractivity contribution is -0.137. The third kappa shape index (κ3) is 3.31. The summed E-state index contributed by atoms with van der Waals surface area (Å²) < 4.78 is 40.8. The van der Waals surface area contributed by atoms with Crippen LogP contribution in [0.5, 0.6) is 0 Å². The molecule has 3 aromatic rings. The van der Waals surface area contributed by atoms with Gasteiger partial charge in [0.15, 0.2) is 11.2 Å². The molecule has 0 spiro atoms. The van der Waals surface area contributed by atoms with Gasteiger partial charge in [-0.15, -0.1) is 0 Å². The van der Waals surface area contributed by atoms with E-state index >= 15 is 0 Å². The summed E-state index contributed by atoms with van der Waals surface area (Å²) in [7, 11) is 0. The molecule has 2 heterocycles. The van der Waals surface area contributed by atoms with Crippen LogP contribution in [0.1, 0.15) is 56.3 Å². The Labute approximate surface area is 159 Å². The van der Waals surface area contributed by atoms with Gasteiger partial charge in [0.25, 0.3) is 5.56 Å². The van der Waals surface area contributed by atoms with Crippen molar-refractivity contribution in [1.82, 2.24) is 19.5 Å². The van der Waals surface area contributed by atoms with Crippen molar-refractivity contribution in [1.29, 1.82) is 0 Å². The number of imidazole rings is 1. The summed E-state index contributed by atoms with van der Waals surface area (Å²) in [6.45, 7) is 2.27. The van der Waals surface area contributed by atoms with Crippen LogP contribution in [0.4, 0.5) is 13.2 Å². The topological polar surface area (TPSA) is 63.6 Å². The molecular weight excluding hydrogens is 369 g/mol. The number of aromatic nitrogens is 4. The van der Waals surface area contributed by atoms with Gasteiger partial charge in [-0.25, -0.2) is 9.97 Å². The van der Waals surface area contributed by atoms with E-state index in [4.69, 9.17) is 0 Å². The van der Waals surface area contributed by atoms with Gasteiger partial charge in [-0.3, -0.25) is 9.36 Å². The maximum absolute atomic E-state index is 13.1. The monoisotopic (exact) mass is 390 g/mol. The Morgan fingerprint density at radius 1 is 1.21 bits per heavy atom. The van der Waals surface area contributed by atoms with Crippen molar-refractivity contribution in [3.63, 3.8) is 0 Å². The van der Waals surface area contributed by atoms with E-state index in [1.54, 1.807) is 6.07 Å². The largest absolute Gasteiger partial charge is 0.416 e. The van der Waals surface area contributed by atoms with E-state index in [1.165, 1.54) is 10.6 Å². The Bertz CT molecular complexity index is 1060. The van der Waals surface area contributed by atoms with Crippen molar-refractivity contribution in [3.05, 3.63) is 46.0 Å². The summed E-state index contributed by atoms with van der Waals surface area (Å²) in [4.78, 5) is 25.2. The molecule has 2 aromatic heterocycles. The van der Waals surface area contributed by atoms with E-state index in [0.717, 1.165) is 43.6 Å². The molecule has 5 nitrogen and oxygen atoms in total. The number of halogens is 3. The van der Waals surface area contributed by atoms with Crippen molar-refractivity contribution >= 4 is 11.2 Å². The maximum atomic E-state index is 13.1. The number of aromatic amines is 1. The Balaban J connectivity index is 1.89. The number of nitrogens with zero attached hydrogens (tertiary/aromatic N) is 3. The van der Waals surface area contributed by atoms with Gasteiger partial charge >= 0.3 is 6.18 Å². The van der Waals surface area contributed by atoms with Crippen molar-refractivity contribution in [3.8, 4) is 11.4 Å². The average molecular weight is 390 g/mol. The number of alkyl halides is 3. The highest BCUT2D eigenvalue weighted by atomic mass is 19.4. The molecule has 1 fully saturated rings. The number of nitrogens with one attached hydrogen (secondary N) is 1. The number of benzene rings is 1. The van der Waals surface area contributed by atoms with Gasteiger partial charge in [-0.2, -0.15) is 13.2 Å². The van der Waals surface area contributed by atoms with Crippen LogP contribution in [0.15, 0.2) is 29.1 Å². The van der Waals surface area contributed by atoms with Gasteiger partial charge in [0.2, 0.25) is 0 Å². The van der Waals surface area contributed by atoms with E-state index in [2.05, 4.69) is 15.0 Å². The molecule has 0 saturated heterocycles. The van der Waals surface area contributed by atoms with Crippen molar-refractivity contribution in [2.24, 2.45) is 0 Å². The first-order valence-electron chi connectivity index (χ1n) is 9.56. The zero-order chi connectivity index (χ0) is 19.9. The molecule has 1 aliphatic carbocycles. The fourth-order valence-electron chi connectivity index (χ4n) is 3.88. The molecule has 1 aliphatic rings. The molecule has 1 saturated carbocycles. The predicted molar refractivity (Wildman–Crippen MR) is 100 cm³/mol. The highest BCUT2D eigenvalue weighted by Gasteiger charge is 2.31. The van der Waals surface area contributed by atoms with E-state index in [0.29, 0.717) is 18.5 Å². The summed E-state index contributed by atoms with van der Waals surface area (Å²) >= 11 is 0. The molecule has 28 heavy (non-hydrogen) atoms.